The second kappa shape index (κ2) is 7.67. The summed E-state index contributed by atoms with van der Waals surface area (Å²) in [4.78, 5) is 12.9. The third-order valence-corrected chi connectivity index (χ3v) is 4.66. The summed E-state index contributed by atoms with van der Waals surface area (Å²) in [6, 6.07) is 18.6. The summed E-state index contributed by atoms with van der Waals surface area (Å²) in [5.74, 6) is -0.199. The number of hydrogen-bond acceptors (Lipinski definition) is 3. The third-order valence-electron chi connectivity index (χ3n) is 4.66. The van der Waals surface area contributed by atoms with Crippen LogP contribution >= 0.6 is 0 Å². The van der Waals surface area contributed by atoms with Crippen LogP contribution in [0.3, 0.4) is 0 Å². The Morgan fingerprint density at radius 3 is 2.30 bits per heavy atom. The SMILES string of the molecule is CCOc1ccc(/C=C2\C(=O)N(c3ccccc3)N=C2C(F)(F)F)c2ccccc12. The number of hydrogen-bond donors (Lipinski definition) is 0. The highest BCUT2D eigenvalue weighted by atomic mass is 19.4. The van der Waals surface area contributed by atoms with Gasteiger partial charge in [0.15, 0.2) is 5.71 Å². The number of carbonyl (C=O) groups excluding carboxylic acids is 1. The molecule has 0 saturated carbocycles. The molecule has 1 aliphatic rings. The van der Waals surface area contributed by atoms with Gasteiger partial charge < -0.3 is 4.74 Å². The molecule has 0 fully saturated rings. The fourth-order valence-corrected chi connectivity index (χ4v) is 3.36. The van der Waals surface area contributed by atoms with Gasteiger partial charge >= 0.3 is 6.18 Å². The molecule has 4 nitrogen and oxygen atoms in total. The van der Waals surface area contributed by atoms with Crippen LogP contribution in [0.4, 0.5) is 18.9 Å². The molecule has 0 aliphatic carbocycles. The van der Waals surface area contributed by atoms with Crippen LogP contribution in [0.1, 0.15) is 12.5 Å². The van der Waals surface area contributed by atoms with Gasteiger partial charge in [-0.3, -0.25) is 4.79 Å². The van der Waals surface area contributed by atoms with E-state index in [1.807, 2.05) is 19.1 Å². The van der Waals surface area contributed by atoms with E-state index in [-0.39, 0.29) is 5.69 Å². The first kappa shape index (κ1) is 19.7. The Balaban J connectivity index is 1.86. The topological polar surface area (TPSA) is 41.9 Å². The lowest BCUT2D eigenvalue weighted by atomic mass is 9.99. The Morgan fingerprint density at radius 2 is 1.63 bits per heavy atom. The minimum Gasteiger partial charge on any atom is -0.493 e. The van der Waals surface area contributed by atoms with Crippen LogP contribution in [0.25, 0.3) is 16.8 Å². The Morgan fingerprint density at radius 1 is 0.967 bits per heavy atom. The molecule has 0 bridgehead atoms. The summed E-state index contributed by atoms with van der Waals surface area (Å²) in [7, 11) is 0. The molecule has 152 valence electrons. The van der Waals surface area contributed by atoms with Gasteiger partial charge in [0.1, 0.15) is 5.75 Å². The quantitative estimate of drug-likeness (QED) is 0.527. The van der Waals surface area contributed by atoms with Gasteiger partial charge in [0.2, 0.25) is 0 Å². The lowest BCUT2D eigenvalue weighted by molar-refractivity contribution is -0.114. The number of carbonyl (C=O) groups is 1. The number of nitrogens with zero attached hydrogens (tertiary/aromatic N) is 2. The van der Waals surface area contributed by atoms with Crippen LogP contribution in [-0.4, -0.2) is 24.4 Å². The number of fused-ring (bicyclic) bond motifs is 1. The molecule has 1 aliphatic heterocycles. The molecule has 0 radical (unpaired) electrons. The summed E-state index contributed by atoms with van der Waals surface area (Å²) in [5.41, 5.74) is -0.969. The molecule has 4 rings (SSSR count). The molecule has 1 amide bonds. The van der Waals surface area contributed by atoms with E-state index < -0.39 is 23.4 Å². The number of para-hydroxylation sites is 1. The van der Waals surface area contributed by atoms with Gasteiger partial charge in [-0.1, -0.05) is 48.5 Å². The zero-order valence-corrected chi connectivity index (χ0v) is 16.0. The first-order valence-corrected chi connectivity index (χ1v) is 9.32. The van der Waals surface area contributed by atoms with E-state index in [9.17, 15) is 18.0 Å². The maximum absolute atomic E-state index is 13.7. The van der Waals surface area contributed by atoms with Gasteiger partial charge in [0, 0.05) is 5.39 Å². The molecular weight excluding hydrogens is 393 g/mol. The largest absolute Gasteiger partial charge is 0.493 e. The highest BCUT2D eigenvalue weighted by molar-refractivity contribution is 6.34. The second-order valence-electron chi connectivity index (χ2n) is 6.59. The van der Waals surface area contributed by atoms with Crippen LogP contribution in [0.5, 0.6) is 5.75 Å². The number of halogens is 3. The highest BCUT2D eigenvalue weighted by Gasteiger charge is 2.46. The highest BCUT2D eigenvalue weighted by Crippen LogP contribution is 2.35. The van der Waals surface area contributed by atoms with Gasteiger partial charge in [-0.15, -0.1) is 0 Å². The molecule has 0 saturated heterocycles. The first-order chi connectivity index (χ1) is 14.4. The van der Waals surface area contributed by atoms with E-state index in [0.29, 0.717) is 23.3 Å². The number of alkyl halides is 3. The van der Waals surface area contributed by atoms with Crippen LogP contribution in [0.15, 0.2) is 77.4 Å². The van der Waals surface area contributed by atoms with Crippen LogP contribution in [-0.2, 0) is 4.79 Å². The average Bonchev–Trinajstić information content (AvgIpc) is 3.07. The third kappa shape index (κ3) is 3.54. The minimum atomic E-state index is -4.77. The smallest absolute Gasteiger partial charge is 0.435 e. The first-order valence-electron chi connectivity index (χ1n) is 9.32. The van der Waals surface area contributed by atoms with Gasteiger partial charge in [-0.2, -0.15) is 23.3 Å². The van der Waals surface area contributed by atoms with E-state index in [1.165, 1.54) is 18.2 Å². The number of benzene rings is 3. The number of rotatable bonds is 4. The van der Waals surface area contributed by atoms with Crippen molar-refractivity contribution in [2.45, 2.75) is 13.1 Å². The zero-order valence-electron chi connectivity index (χ0n) is 16.0. The van der Waals surface area contributed by atoms with E-state index in [4.69, 9.17) is 4.74 Å². The van der Waals surface area contributed by atoms with Crippen molar-refractivity contribution in [3.63, 3.8) is 0 Å². The molecule has 0 unspecified atom stereocenters. The maximum Gasteiger partial charge on any atom is 0.435 e. The maximum atomic E-state index is 13.7. The predicted octanol–water partition coefficient (Wildman–Crippen LogP) is 5.59. The summed E-state index contributed by atoms with van der Waals surface area (Å²) in [6.45, 7) is 2.31. The average molecular weight is 410 g/mol. The number of hydrazone groups is 1. The van der Waals surface area contributed by atoms with Crippen LogP contribution in [0, 0.1) is 0 Å². The van der Waals surface area contributed by atoms with Gasteiger partial charge in [-0.25, -0.2) is 0 Å². The van der Waals surface area contributed by atoms with Gasteiger partial charge in [0.25, 0.3) is 5.91 Å². The fourth-order valence-electron chi connectivity index (χ4n) is 3.36. The Kier molecular flexibility index (Phi) is 5.03. The molecule has 3 aromatic rings. The van der Waals surface area contributed by atoms with Crippen LogP contribution < -0.4 is 9.75 Å². The van der Waals surface area contributed by atoms with Crippen molar-refractivity contribution in [3.8, 4) is 5.75 Å². The van der Waals surface area contributed by atoms with E-state index >= 15 is 0 Å². The molecule has 0 aromatic heterocycles. The zero-order chi connectivity index (χ0) is 21.3. The van der Waals surface area contributed by atoms with Crippen molar-refractivity contribution in [2.24, 2.45) is 5.10 Å². The van der Waals surface area contributed by atoms with Gasteiger partial charge in [-0.05, 0) is 42.1 Å². The molecule has 0 spiro atoms. The van der Waals surface area contributed by atoms with E-state index in [1.54, 1.807) is 42.5 Å². The normalized spacial score (nSPS) is 15.7. The van der Waals surface area contributed by atoms with Crippen molar-refractivity contribution in [2.75, 3.05) is 11.6 Å². The monoisotopic (exact) mass is 410 g/mol. The minimum absolute atomic E-state index is 0.268. The Bertz CT molecular complexity index is 1170. The predicted molar refractivity (Wildman–Crippen MR) is 111 cm³/mol. The van der Waals surface area contributed by atoms with Crippen molar-refractivity contribution < 1.29 is 22.7 Å². The lowest BCUT2D eigenvalue weighted by Crippen LogP contribution is -2.25. The summed E-state index contributed by atoms with van der Waals surface area (Å²) >= 11 is 0. The van der Waals surface area contributed by atoms with Crippen LogP contribution in [0.2, 0.25) is 0 Å². The van der Waals surface area contributed by atoms with Crippen molar-refractivity contribution in [1.29, 1.82) is 0 Å². The summed E-state index contributed by atoms with van der Waals surface area (Å²) in [6.07, 6.45) is -3.53. The number of anilines is 1. The molecule has 3 aromatic carbocycles. The molecule has 7 heteroatoms. The lowest BCUT2D eigenvalue weighted by Gasteiger charge is -2.12. The molecule has 30 heavy (non-hydrogen) atoms. The van der Waals surface area contributed by atoms with Gasteiger partial charge in [0.05, 0.1) is 17.9 Å². The fraction of sp³-hybridized carbons (Fsp3) is 0.130. The molecule has 1 heterocycles. The summed E-state index contributed by atoms with van der Waals surface area (Å²) < 4.78 is 46.7. The van der Waals surface area contributed by atoms with E-state index in [2.05, 4.69) is 5.10 Å². The second-order valence-corrected chi connectivity index (χ2v) is 6.59. The summed E-state index contributed by atoms with van der Waals surface area (Å²) in [5, 5.41) is 5.82. The molecular formula is C23H17F3N2O2. The van der Waals surface area contributed by atoms with Crippen molar-refractivity contribution in [3.05, 3.63) is 77.9 Å². The standard InChI is InChI=1S/C23H17F3N2O2/c1-2-30-20-13-12-15(17-10-6-7-11-18(17)20)14-19-21(23(24,25)26)27-28(22(19)29)16-8-4-3-5-9-16/h3-14H,2H2,1H3/b19-14-. The van der Waals surface area contributed by atoms with E-state index in [0.717, 1.165) is 10.4 Å². The molecule has 0 N–H and O–H groups in total. The van der Waals surface area contributed by atoms with Crippen molar-refractivity contribution in [1.82, 2.24) is 0 Å². The number of amides is 1. The molecule has 0 atom stereocenters. The Labute approximate surface area is 170 Å². The Hall–Kier alpha value is -3.61. The number of ether oxygens (including phenoxy) is 1. The van der Waals surface area contributed by atoms with Crippen molar-refractivity contribution >= 4 is 34.2 Å².